The zero-order valence-corrected chi connectivity index (χ0v) is 18.7. The van der Waals surface area contributed by atoms with Gasteiger partial charge in [-0.1, -0.05) is 6.07 Å². The molecule has 0 saturated carbocycles. The van der Waals surface area contributed by atoms with E-state index in [0.29, 0.717) is 31.3 Å². The standard InChI is InChI=1S/C24H22F3N5O3/c1-13-2-3-16(30-22(33)14-4-5-28-20(9-14)24(25,26)27)10-17(13)15-8-18-21(29-11-15)31-23(34)19-12-35-7-6-32(18)19/h2-3,5,8-11,14,19H,4,6-7,12H2,1H3,(H,30,33)(H,29,31,34)/t14-,19?/m1/s1. The summed E-state index contributed by atoms with van der Waals surface area (Å²) in [6.45, 7) is 3.27. The molecule has 2 N–H and O–H groups in total. The minimum Gasteiger partial charge on any atom is -0.377 e. The number of benzene rings is 1. The van der Waals surface area contributed by atoms with Gasteiger partial charge in [0.05, 0.1) is 24.8 Å². The molecule has 35 heavy (non-hydrogen) atoms. The van der Waals surface area contributed by atoms with Gasteiger partial charge in [-0.15, -0.1) is 0 Å². The number of carbonyl (C=O) groups is 2. The van der Waals surface area contributed by atoms with Crippen LogP contribution < -0.4 is 15.5 Å². The molecular formula is C24H22F3N5O3. The molecule has 5 rings (SSSR count). The third kappa shape index (κ3) is 4.51. The molecule has 0 bridgehead atoms. The van der Waals surface area contributed by atoms with Gasteiger partial charge in [0.2, 0.25) is 5.91 Å². The smallest absolute Gasteiger partial charge is 0.377 e. The molecule has 182 valence electrons. The van der Waals surface area contributed by atoms with Gasteiger partial charge < -0.3 is 20.3 Å². The topological polar surface area (TPSA) is 95.9 Å². The van der Waals surface area contributed by atoms with Crippen molar-refractivity contribution in [3.8, 4) is 11.1 Å². The lowest BCUT2D eigenvalue weighted by Crippen LogP contribution is -2.55. The summed E-state index contributed by atoms with van der Waals surface area (Å²) in [6.07, 6.45) is -0.908. The van der Waals surface area contributed by atoms with E-state index in [1.54, 1.807) is 18.3 Å². The van der Waals surface area contributed by atoms with E-state index in [1.165, 1.54) is 0 Å². The van der Waals surface area contributed by atoms with Gasteiger partial charge in [-0.25, -0.2) is 4.98 Å². The number of ether oxygens (including phenoxy) is 1. The van der Waals surface area contributed by atoms with Gasteiger partial charge in [-0.05, 0) is 48.7 Å². The fourth-order valence-corrected chi connectivity index (χ4v) is 4.39. The van der Waals surface area contributed by atoms with Crippen molar-refractivity contribution in [2.45, 2.75) is 25.6 Å². The average Bonchev–Trinajstić information content (AvgIpc) is 2.85. The van der Waals surface area contributed by atoms with Crippen LogP contribution in [0.1, 0.15) is 12.0 Å². The molecule has 3 aliphatic rings. The summed E-state index contributed by atoms with van der Waals surface area (Å²) in [5.74, 6) is -1.20. The van der Waals surface area contributed by atoms with Crippen LogP contribution in [0.4, 0.5) is 30.4 Å². The van der Waals surface area contributed by atoms with E-state index in [1.807, 2.05) is 24.0 Å². The van der Waals surface area contributed by atoms with Crippen LogP contribution in [0.25, 0.3) is 11.1 Å². The fourth-order valence-electron chi connectivity index (χ4n) is 4.39. The van der Waals surface area contributed by atoms with Crippen molar-refractivity contribution in [1.82, 2.24) is 4.98 Å². The van der Waals surface area contributed by atoms with E-state index < -0.39 is 29.7 Å². The lowest BCUT2D eigenvalue weighted by molar-refractivity contribution is -0.120. The van der Waals surface area contributed by atoms with Crippen LogP contribution in [-0.4, -0.2) is 55.0 Å². The highest BCUT2D eigenvalue weighted by molar-refractivity contribution is 6.03. The number of fused-ring (bicyclic) bond motifs is 3. The summed E-state index contributed by atoms with van der Waals surface area (Å²) in [5.41, 5.74) is 2.68. The lowest BCUT2D eigenvalue weighted by atomic mass is 9.98. The van der Waals surface area contributed by atoms with E-state index in [-0.39, 0.29) is 12.3 Å². The number of alkyl halides is 3. The molecule has 2 aromatic rings. The number of anilines is 3. The number of hydrogen-bond acceptors (Lipinski definition) is 6. The Morgan fingerprint density at radius 3 is 2.91 bits per heavy atom. The van der Waals surface area contributed by atoms with E-state index >= 15 is 0 Å². The fraction of sp³-hybridized carbons (Fsp3) is 0.333. The molecule has 4 heterocycles. The number of pyridine rings is 1. The molecule has 1 aromatic carbocycles. The SMILES string of the molecule is Cc1ccc(NC(=O)[C@H]2C=C(C(F)(F)F)N=CC2)cc1-c1cnc2c(c1)N1CCOCC1C(=O)N2. The molecule has 8 nitrogen and oxygen atoms in total. The van der Waals surface area contributed by atoms with Crippen LogP contribution >= 0.6 is 0 Å². The Bertz CT molecular complexity index is 1260. The van der Waals surface area contributed by atoms with Crippen molar-refractivity contribution in [1.29, 1.82) is 0 Å². The molecule has 1 saturated heterocycles. The van der Waals surface area contributed by atoms with Crippen LogP contribution in [0.5, 0.6) is 0 Å². The Morgan fingerprint density at radius 1 is 1.29 bits per heavy atom. The van der Waals surface area contributed by atoms with Crippen LogP contribution in [0, 0.1) is 12.8 Å². The maximum Gasteiger partial charge on any atom is 0.433 e. The van der Waals surface area contributed by atoms with E-state index in [2.05, 4.69) is 20.6 Å². The van der Waals surface area contributed by atoms with Crippen molar-refractivity contribution in [3.63, 3.8) is 0 Å². The van der Waals surface area contributed by atoms with Crippen molar-refractivity contribution >= 4 is 35.2 Å². The van der Waals surface area contributed by atoms with Gasteiger partial charge in [0.15, 0.2) is 5.82 Å². The first-order valence-corrected chi connectivity index (χ1v) is 11.1. The first kappa shape index (κ1) is 23.0. The number of aliphatic imine (C=N–C) groups is 1. The summed E-state index contributed by atoms with van der Waals surface area (Å²) in [6, 6.07) is 6.80. The second kappa shape index (κ2) is 8.81. The molecule has 1 fully saturated rings. The maximum absolute atomic E-state index is 13.0. The van der Waals surface area contributed by atoms with E-state index in [4.69, 9.17) is 4.74 Å². The van der Waals surface area contributed by atoms with E-state index in [9.17, 15) is 22.8 Å². The summed E-state index contributed by atoms with van der Waals surface area (Å²) in [5, 5.41) is 5.53. The Labute approximate surface area is 198 Å². The molecule has 2 atom stereocenters. The highest BCUT2D eigenvalue weighted by atomic mass is 19.4. The quantitative estimate of drug-likeness (QED) is 0.692. The molecule has 3 aliphatic heterocycles. The first-order valence-electron chi connectivity index (χ1n) is 11.1. The molecular weight excluding hydrogens is 463 g/mol. The summed E-state index contributed by atoms with van der Waals surface area (Å²) in [7, 11) is 0. The molecule has 2 amide bonds. The predicted octanol–water partition coefficient (Wildman–Crippen LogP) is 3.69. The Balaban J connectivity index is 1.41. The number of nitrogens with zero attached hydrogens (tertiary/aromatic N) is 3. The average molecular weight is 485 g/mol. The number of aromatic nitrogens is 1. The molecule has 11 heteroatoms. The van der Waals surface area contributed by atoms with Crippen LogP contribution in [0.2, 0.25) is 0 Å². The first-order chi connectivity index (χ1) is 16.7. The molecule has 0 radical (unpaired) electrons. The predicted molar refractivity (Wildman–Crippen MR) is 124 cm³/mol. The number of hydrogen-bond donors (Lipinski definition) is 2. The number of morpholine rings is 1. The highest BCUT2D eigenvalue weighted by Gasteiger charge is 2.37. The van der Waals surface area contributed by atoms with Crippen molar-refractivity contribution in [3.05, 3.63) is 47.8 Å². The number of allylic oxidation sites excluding steroid dienone is 1. The zero-order valence-electron chi connectivity index (χ0n) is 18.7. The van der Waals surface area contributed by atoms with Gasteiger partial charge in [0.25, 0.3) is 5.91 Å². The van der Waals surface area contributed by atoms with Gasteiger partial charge >= 0.3 is 6.18 Å². The minimum absolute atomic E-state index is 0.0886. The van der Waals surface area contributed by atoms with Crippen LogP contribution in [0.15, 0.2) is 47.2 Å². The summed E-state index contributed by atoms with van der Waals surface area (Å²) in [4.78, 5) is 34.8. The second-order valence-corrected chi connectivity index (χ2v) is 8.59. The largest absolute Gasteiger partial charge is 0.433 e. The summed E-state index contributed by atoms with van der Waals surface area (Å²) < 4.78 is 44.4. The normalized spacial score (nSPS) is 21.5. The van der Waals surface area contributed by atoms with Crippen molar-refractivity contribution < 1.29 is 27.5 Å². The number of rotatable bonds is 3. The second-order valence-electron chi connectivity index (χ2n) is 8.59. The number of amides is 2. The van der Waals surface area contributed by atoms with Crippen molar-refractivity contribution in [2.24, 2.45) is 10.9 Å². The van der Waals surface area contributed by atoms with Crippen LogP contribution in [0.3, 0.4) is 0 Å². The third-order valence-electron chi connectivity index (χ3n) is 6.24. The Kier molecular flexibility index (Phi) is 5.79. The Morgan fingerprint density at radius 2 is 2.11 bits per heavy atom. The van der Waals surface area contributed by atoms with Gasteiger partial charge in [0, 0.05) is 30.2 Å². The Hall–Kier alpha value is -3.73. The number of aryl methyl sites for hydroxylation is 1. The minimum atomic E-state index is -4.61. The number of carbonyl (C=O) groups excluding carboxylic acids is 2. The zero-order chi connectivity index (χ0) is 24.7. The van der Waals surface area contributed by atoms with Crippen LogP contribution in [-0.2, 0) is 14.3 Å². The molecule has 1 aromatic heterocycles. The number of nitrogens with one attached hydrogen (secondary N) is 2. The maximum atomic E-state index is 13.0. The third-order valence-corrected chi connectivity index (χ3v) is 6.24. The highest BCUT2D eigenvalue weighted by Crippen LogP contribution is 2.37. The monoisotopic (exact) mass is 485 g/mol. The van der Waals surface area contributed by atoms with Gasteiger partial charge in [-0.2, -0.15) is 13.2 Å². The lowest BCUT2D eigenvalue weighted by Gasteiger charge is -2.40. The van der Waals surface area contributed by atoms with Crippen molar-refractivity contribution in [2.75, 3.05) is 35.3 Å². The van der Waals surface area contributed by atoms with Gasteiger partial charge in [-0.3, -0.25) is 14.6 Å². The molecule has 0 spiro atoms. The van der Waals surface area contributed by atoms with E-state index in [0.717, 1.165) is 34.7 Å². The van der Waals surface area contributed by atoms with Gasteiger partial charge in [0.1, 0.15) is 11.7 Å². The number of halogens is 3. The summed E-state index contributed by atoms with van der Waals surface area (Å²) >= 11 is 0. The molecule has 0 aliphatic carbocycles. The molecule has 1 unspecified atom stereocenters.